The Bertz CT molecular complexity index is 760. The van der Waals surface area contributed by atoms with Gasteiger partial charge < -0.3 is 16.2 Å². The highest BCUT2D eigenvalue weighted by atomic mass is 19.4. The molecule has 4 N–H and O–H groups in total. The Hall–Kier alpha value is -2.77. The van der Waals surface area contributed by atoms with E-state index in [0.717, 1.165) is 23.3 Å². The number of carbonyl (C=O) groups is 1. The molecule has 0 unspecified atom stereocenters. The van der Waals surface area contributed by atoms with Crippen molar-refractivity contribution in [1.29, 1.82) is 0 Å². The Balaban J connectivity index is 3.22. The number of nitrogens with zero attached hydrogens (tertiary/aromatic N) is 1. The fourth-order valence-electron chi connectivity index (χ4n) is 2.39. The molecule has 1 aromatic rings. The second kappa shape index (κ2) is 10.5. The number of nitrogens with two attached hydrogens (primary N) is 1. The number of alkyl halides is 3. The summed E-state index contributed by atoms with van der Waals surface area (Å²) in [6.45, 7) is 5.83. The zero-order valence-electron chi connectivity index (χ0n) is 16.2. The molecule has 0 atom stereocenters. The Morgan fingerprint density at radius 2 is 1.86 bits per heavy atom. The molecule has 0 spiro atoms. The summed E-state index contributed by atoms with van der Waals surface area (Å²) in [6.07, 6.45) is -1.56. The zero-order valence-corrected chi connectivity index (χ0v) is 16.2. The predicted molar refractivity (Wildman–Crippen MR) is 105 cm³/mol. The first-order chi connectivity index (χ1) is 13.0. The van der Waals surface area contributed by atoms with E-state index < -0.39 is 17.7 Å². The number of allylic oxidation sites excluding steroid dienone is 3. The summed E-state index contributed by atoms with van der Waals surface area (Å²) < 4.78 is 38.5. The Labute approximate surface area is 162 Å². The van der Waals surface area contributed by atoms with Crippen molar-refractivity contribution in [3.8, 4) is 0 Å². The molecule has 0 bridgehead atoms. The van der Waals surface area contributed by atoms with E-state index in [-0.39, 0.29) is 6.42 Å². The molecule has 0 saturated carbocycles. The molecule has 0 heterocycles. The topological polar surface area (TPSA) is 87.7 Å². The van der Waals surface area contributed by atoms with Gasteiger partial charge in [0.2, 0.25) is 0 Å². The van der Waals surface area contributed by atoms with Crippen LogP contribution in [0.25, 0.3) is 5.57 Å². The normalized spacial score (nSPS) is 13.9. The first kappa shape index (κ1) is 23.3. The summed E-state index contributed by atoms with van der Waals surface area (Å²) in [6, 6.07) is 4.94. The molecule has 0 aliphatic rings. The van der Waals surface area contributed by atoms with Gasteiger partial charge in [0.25, 0.3) is 0 Å². The van der Waals surface area contributed by atoms with Crippen molar-refractivity contribution >= 4 is 17.4 Å². The van der Waals surface area contributed by atoms with Crippen LogP contribution in [0.3, 0.4) is 0 Å². The molecule has 0 saturated heterocycles. The molecule has 0 fully saturated rings. The molecule has 1 rings (SSSR count). The Morgan fingerprint density at radius 3 is 2.32 bits per heavy atom. The lowest BCUT2D eigenvalue weighted by Crippen LogP contribution is -2.18. The summed E-state index contributed by atoms with van der Waals surface area (Å²) in [5, 5.41) is 11.8. The number of hydrogen-bond acceptors (Lipinski definition) is 3. The summed E-state index contributed by atoms with van der Waals surface area (Å²) in [7, 11) is 0. The van der Waals surface area contributed by atoms with E-state index in [0.29, 0.717) is 36.6 Å². The number of hydrogen-bond donors (Lipinski definition) is 3. The van der Waals surface area contributed by atoms with Crippen LogP contribution in [0, 0.1) is 0 Å². The number of carboxylic acids is 1. The van der Waals surface area contributed by atoms with Gasteiger partial charge in [-0.2, -0.15) is 13.2 Å². The first-order valence-electron chi connectivity index (χ1n) is 8.90. The fourth-order valence-corrected chi connectivity index (χ4v) is 2.39. The molecule has 0 aliphatic carbocycles. The lowest BCUT2D eigenvalue weighted by molar-refractivity contribution is -0.138. The summed E-state index contributed by atoms with van der Waals surface area (Å²) in [4.78, 5) is 14.8. The van der Waals surface area contributed by atoms with Crippen LogP contribution in [0.1, 0.15) is 51.2 Å². The summed E-state index contributed by atoms with van der Waals surface area (Å²) in [5.41, 5.74) is 7.29. The van der Waals surface area contributed by atoms with Crippen molar-refractivity contribution in [3.05, 3.63) is 52.9 Å². The SMILES string of the molecule is CC/C(C)=C(/C=C(\N=C(/C)N)NCCCC(=O)O)c1ccc(C(F)(F)F)cc1. The van der Waals surface area contributed by atoms with Gasteiger partial charge in [-0.25, -0.2) is 4.99 Å². The lowest BCUT2D eigenvalue weighted by Gasteiger charge is -2.13. The third-order valence-electron chi connectivity index (χ3n) is 3.96. The van der Waals surface area contributed by atoms with Crippen LogP contribution in [-0.2, 0) is 11.0 Å². The second-order valence-electron chi connectivity index (χ2n) is 6.33. The Morgan fingerprint density at radius 1 is 1.25 bits per heavy atom. The lowest BCUT2D eigenvalue weighted by atomic mass is 9.97. The summed E-state index contributed by atoms with van der Waals surface area (Å²) >= 11 is 0. The number of amidine groups is 1. The molecule has 5 nitrogen and oxygen atoms in total. The van der Waals surface area contributed by atoms with Gasteiger partial charge in [0, 0.05) is 13.0 Å². The molecule has 0 radical (unpaired) electrons. The number of rotatable bonds is 9. The molecular formula is C20H26F3N3O2. The Kier molecular flexibility index (Phi) is 8.76. The number of aliphatic carboxylic acids is 1. The maximum absolute atomic E-state index is 12.8. The summed E-state index contributed by atoms with van der Waals surface area (Å²) in [5.74, 6) is -0.163. The van der Waals surface area contributed by atoms with Crippen molar-refractivity contribution in [2.24, 2.45) is 10.7 Å². The molecule has 0 amide bonds. The first-order valence-corrected chi connectivity index (χ1v) is 8.90. The maximum atomic E-state index is 12.8. The molecule has 28 heavy (non-hydrogen) atoms. The molecular weight excluding hydrogens is 371 g/mol. The number of nitrogens with one attached hydrogen (secondary N) is 1. The highest BCUT2D eigenvalue weighted by Crippen LogP contribution is 2.31. The van der Waals surface area contributed by atoms with Gasteiger partial charge in [-0.1, -0.05) is 24.6 Å². The van der Waals surface area contributed by atoms with Crippen LogP contribution in [0.4, 0.5) is 13.2 Å². The monoisotopic (exact) mass is 397 g/mol. The molecule has 0 aliphatic heterocycles. The minimum absolute atomic E-state index is 0.0151. The van der Waals surface area contributed by atoms with Crippen LogP contribution in [0.15, 0.2) is 46.7 Å². The smallest absolute Gasteiger partial charge is 0.416 e. The van der Waals surface area contributed by atoms with E-state index in [1.165, 1.54) is 12.1 Å². The van der Waals surface area contributed by atoms with Crippen molar-refractivity contribution in [3.63, 3.8) is 0 Å². The molecule has 1 aromatic carbocycles. The fraction of sp³-hybridized carbons (Fsp3) is 0.400. The predicted octanol–water partition coefficient (Wildman–Crippen LogP) is 4.56. The van der Waals surface area contributed by atoms with Crippen LogP contribution in [0.5, 0.6) is 0 Å². The molecule has 154 valence electrons. The molecule has 8 heteroatoms. The van der Waals surface area contributed by atoms with Crippen LogP contribution in [-0.4, -0.2) is 23.5 Å². The zero-order chi connectivity index (χ0) is 21.3. The van der Waals surface area contributed by atoms with E-state index in [1.54, 1.807) is 13.0 Å². The second-order valence-corrected chi connectivity index (χ2v) is 6.33. The van der Waals surface area contributed by atoms with E-state index in [1.807, 2.05) is 13.8 Å². The third-order valence-corrected chi connectivity index (χ3v) is 3.96. The highest BCUT2D eigenvalue weighted by molar-refractivity contribution is 5.81. The van der Waals surface area contributed by atoms with Gasteiger partial charge in [0.05, 0.1) is 11.4 Å². The van der Waals surface area contributed by atoms with E-state index >= 15 is 0 Å². The van der Waals surface area contributed by atoms with Gasteiger partial charge >= 0.3 is 12.1 Å². The average Bonchev–Trinajstić information content (AvgIpc) is 2.61. The van der Waals surface area contributed by atoms with Crippen LogP contribution < -0.4 is 11.1 Å². The van der Waals surface area contributed by atoms with Gasteiger partial charge in [0.1, 0.15) is 5.82 Å². The standard InChI is InChI=1S/C20H26F3N3O2/c1-4-13(2)17(15-7-9-16(10-8-15)20(21,22)23)12-18(26-14(3)24)25-11-5-6-19(27)28/h7-10,12,25H,4-6,11H2,1-3H3,(H2,24,26)(H,27,28)/b17-13-,18-12-. The average molecular weight is 397 g/mol. The quantitative estimate of drug-likeness (QED) is 0.247. The van der Waals surface area contributed by atoms with Gasteiger partial charge in [-0.15, -0.1) is 0 Å². The number of aliphatic imine (C=N–C) groups is 1. The van der Waals surface area contributed by atoms with Gasteiger partial charge in [-0.3, -0.25) is 4.79 Å². The van der Waals surface area contributed by atoms with Crippen molar-refractivity contribution < 1.29 is 23.1 Å². The molecule has 0 aromatic heterocycles. The largest absolute Gasteiger partial charge is 0.481 e. The van der Waals surface area contributed by atoms with Crippen molar-refractivity contribution in [2.45, 2.75) is 46.2 Å². The van der Waals surface area contributed by atoms with E-state index in [2.05, 4.69) is 10.3 Å². The number of halogens is 3. The highest BCUT2D eigenvalue weighted by Gasteiger charge is 2.30. The van der Waals surface area contributed by atoms with E-state index in [4.69, 9.17) is 10.8 Å². The van der Waals surface area contributed by atoms with Gasteiger partial charge in [-0.05, 0) is 56.0 Å². The van der Waals surface area contributed by atoms with E-state index in [9.17, 15) is 18.0 Å². The van der Waals surface area contributed by atoms with Crippen molar-refractivity contribution in [1.82, 2.24) is 5.32 Å². The minimum Gasteiger partial charge on any atom is -0.481 e. The maximum Gasteiger partial charge on any atom is 0.416 e. The van der Waals surface area contributed by atoms with Crippen LogP contribution >= 0.6 is 0 Å². The minimum atomic E-state index is -4.39. The third kappa shape index (κ3) is 7.85. The van der Waals surface area contributed by atoms with Crippen molar-refractivity contribution in [2.75, 3.05) is 6.54 Å². The number of benzene rings is 1. The number of carboxylic acid groups (broad SMARTS) is 1. The van der Waals surface area contributed by atoms with Gasteiger partial charge in [0.15, 0.2) is 0 Å². The van der Waals surface area contributed by atoms with Crippen LogP contribution in [0.2, 0.25) is 0 Å².